The maximum absolute atomic E-state index is 11.6. The van der Waals surface area contributed by atoms with Crippen molar-refractivity contribution in [2.75, 3.05) is 49.5 Å². The highest BCUT2D eigenvalue weighted by atomic mass is 32.2. The van der Waals surface area contributed by atoms with Crippen molar-refractivity contribution in [3.05, 3.63) is 30.6 Å². The highest BCUT2D eigenvalue weighted by Gasteiger charge is 2.24. The number of benzene rings is 1. The van der Waals surface area contributed by atoms with Gasteiger partial charge in [0.15, 0.2) is 0 Å². The summed E-state index contributed by atoms with van der Waals surface area (Å²) in [6.45, 7) is 1.53. The summed E-state index contributed by atoms with van der Waals surface area (Å²) < 4.78 is 33.9. The van der Waals surface area contributed by atoms with Gasteiger partial charge in [-0.3, -0.25) is 0 Å². The third-order valence-corrected chi connectivity index (χ3v) is 5.78. The predicted molar refractivity (Wildman–Crippen MR) is 110 cm³/mol. The first-order chi connectivity index (χ1) is 13.4. The molecule has 1 saturated heterocycles. The van der Waals surface area contributed by atoms with Gasteiger partial charge in [0, 0.05) is 31.5 Å². The van der Waals surface area contributed by atoms with E-state index in [0.717, 1.165) is 30.9 Å². The molecule has 152 valence electrons. The van der Waals surface area contributed by atoms with Crippen LogP contribution in [0.15, 0.2) is 30.6 Å². The van der Waals surface area contributed by atoms with Gasteiger partial charge < -0.3 is 19.7 Å². The van der Waals surface area contributed by atoms with Gasteiger partial charge in [-0.25, -0.2) is 18.4 Å². The Labute approximate surface area is 165 Å². The summed E-state index contributed by atoms with van der Waals surface area (Å²) in [5.41, 5.74) is 0.765. The minimum atomic E-state index is -2.99. The Bertz CT molecular complexity index is 920. The average Bonchev–Trinajstić information content (AvgIpc) is 2.67. The zero-order chi connectivity index (χ0) is 20.1. The number of hydrogen-bond donors (Lipinski definition) is 1. The van der Waals surface area contributed by atoms with E-state index in [1.165, 1.54) is 12.6 Å². The van der Waals surface area contributed by atoms with Crippen molar-refractivity contribution in [2.45, 2.75) is 12.8 Å². The molecule has 0 bridgehead atoms. The van der Waals surface area contributed by atoms with Crippen LogP contribution in [0.25, 0.3) is 0 Å². The number of methoxy groups -OCH3 is 2. The van der Waals surface area contributed by atoms with Gasteiger partial charge in [0.25, 0.3) is 0 Å². The molecule has 3 rings (SSSR count). The van der Waals surface area contributed by atoms with Crippen molar-refractivity contribution in [3.63, 3.8) is 0 Å². The topological polar surface area (TPSA) is 93.7 Å². The first-order valence-electron chi connectivity index (χ1n) is 9.11. The Kier molecular flexibility index (Phi) is 6.23. The number of piperidine rings is 1. The van der Waals surface area contributed by atoms with Crippen molar-refractivity contribution in [3.8, 4) is 11.5 Å². The van der Waals surface area contributed by atoms with Crippen molar-refractivity contribution in [1.29, 1.82) is 0 Å². The molecule has 0 amide bonds. The van der Waals surface area contributed by atoms with E-state index in [-0.39, 0.29) is 11.7 Å². The van der Waals surface area contributed by atoms with Gasteiger partial charge >= 0.3 is 0 Å². The zero-order valence-electron chi connectivity index (χ0n) is 16.4. The lowest BCUT2D eigenvalue weighted by atomic mass is 10.0. The molecule has 0 spiro atoms. The SMILES string of the molecule is COc1ccc(Nc2cc(N3CCCC(CS(C)(=O)=O)C3)ncn2)c(OC)c1. The highest BCUT2D eigenvalue weighted by molar-refractivity contribution is 7.90. The van der Waals surface area contributed by atoms with Gasteiger partial charge in [-0.2, -0.15) is 0 Å². The smallest absolute Gasteiger partial charge is 0.147 e. The summed E-state index contributed by atoms with van der Waals surface area (Å²) in [7, 11) is 0.216. The van der Waals surface area contributed by atoms with E-state index in [2.05, 4.69) is 20.2 Å². The van der Waals surface area contributed by atoms with Crippen LogP contribution in [0.5, 0.6) is 11.5 Å². The average molecular weight is 407 g/mol. The molecule has 1 unspecified atom stereocenters. The van der Waals surface area contributed by atoms with E-state index >= 15 is 0 Å². The molecule has 2 heterocycles. The summed E-state index contributed by atoms with van der Waals surface area (Å²) in [6.07, 6.45) is 4.66. The van der Waals surface area contributed by atoms with Crippen LogP contribution in [0.3, 0.4) is 0 Å². The highest BCUT2D eigenvalue weighted by Crippen LogP contribution is 2.32. The lowest BCUT2D eigenvalue weighted by Gasteiger charge is -2.33. The van der Waals surface area contributed by atoms with Gasteiger partial charge in [0.05, 0.1) is 25.7 Å². The van der Waals surface area contributed by atoms with Crippen LogP contribution in [0.2, 0.25) is 0 Å². The van der Waals surface area contributed by atoms with Gasteiger partial charge in [-0.1, -0.05) is 0 Å². The van der Waals surface area contributed by atoms with Crippen LogP contribution in [-0.2, 0) is 9.84 Å². The molecule has 1 aromatic heterocycles. The zero-order valence-corrected chi connectivity index (χ0v) is 17.2. The normalized spacial score (nSPS) is 17.2. The van der Waals surface area contributed by atoms with E-state index in [1.807, 2.05) is 18.2 Å². The van der Waals surface area contributed by atoms with Crippen molar-refractivity contribution < 1.29 is 17.9 Å². The molecule has 0 saturated carbocycles. The number of aromatic nitrogens is 2. The van der Waals surface area contributed by atoms with E-state index in [1.54, 1.807) is 20.3 Å². The third kappa shape index (κ3) is 5.25. The second-order valence-corrected chi connectivity index (χ2v) is 9.18. The van der Waals surface area contributed by atoms with Crippen LogP contribution in [-0.4, -0.2) is 57.7 Å². The fourth-order valence-corrected chi connectivity index (χ4v) is 4.59. The lowest BCUT2D eigenvalue weighted by molar-refractivity contribution is 0.395. The van der Waals surface area contributed by atoms with Gasteiger partial charge in [-0.05, 0) is 30.9 Å². The number of rotatable bonds is 7. The molecule has 0 radical (unpaired) electrons. The monoisotopic (exact) mass is 406 g/mol. The fourth-order valence-electron chi connectivity index (χ4n) is 3.47. The molecule has 1 aliphatic heterocycles. The molecule has 0 aliphatic carbocycles. The molecule has 28 heavy (non-hydrogen) atoms. The number of anilines is 3. The Morgan fingerprint density at radius 2 is 2.04 bits per heavy atom. The molecular formula is C19H26N4O4S. The molecule has 9 heteroatoms. The summed E-state index contributed by atoms with van der Waals surface area (Å²) >= 11 is 0. The van der Waals surface area contributed by atoms with Crippen LogP contribution in [0, 0.1) is 5.92 Å². The molecule has 1 fully saturated rings. The second kappa shape index (κ2) is 8.64. The van der Waals surface area contributed by atoms with Crippen molar-refractivity contribution in [2.24, 2.45) is 5.92 Å². The maximum atomic E-state index is 11.6. The number of nitrogens with one attached hydrogen (secondary N) is 1. The molecule has 1 N–H and O–H groups in total. The summed E-state index contributed by atoms with van der Waals surface area (Å²) in [5, 5.41) is 3.25. The largest absolute Gasteiger partial charge is 0.497 e. The number of hydrogen-bond acceptors (Lipinski definition) is 8. The first-order valence-corrected chi connectivity index (χ1v) is 11.2. The minimum absolute atomic E-state index is 0.122. The summed E-state index contributed by atoms with van der Waals surface area (Å²) in [5.74, 6) is 3.10. The molecule has 1 aliphatic rings. The Hall–Kier alpha value is -2.55. The van der Waals surface area contributed by atoms with E-state index in [4.69, 9.17) is 9.47 Å². The fraction of sp³-hybridized carbons (Fsp3) is 0.474. The van der Waals surface area contributed by atoms with E-state index in [0.29, 0.717) is 23.9 Å². The quantitative estimate of drug-likeness (QED) is 0.750. The van der Waals surface area contributed by atoms with E-state index in [9.17, 15) is 8.42 Å². The van der Waals surface area contributed by atoms with Crippen molar-refractivity contribution >= 4 is 27.2 Å². The number of ether oxygens (including phenoxy) is 2. The van der Waals surface area contributed by atoms with Gasteiger partial charge in [-0.15, -0.1) is 0 Å². The van der Waals surface area contributed by atoms with Gasteiger partial charge in [0.2, 0.25) is 0 Å². The van der Waals surface area contributed by atoms with E-state index < -0.39 is 9.84 Å². The molecule has 1 atom stereocenters. The summed E-state index contributed by atoms with van der Waals surface area (Å²) in [6, 6.07) is 7.37. The van der Waals surface area contributed by atoms with Crippen molar-refractivity contribution in [1.82, 2.24) is 9.97 Å². The number of sulfone groups is 1. The lowest BCUT2D eigenvalue weighted by Crippen LogP contribution is -2.38. The van der Waals surface area contributed by atoms with Crippen LogP contribution < -0.4 is 19.7 Å². The minimum Gasteiger partial charge on any atom is -0.497 e. The van der Waals surface area contributed by atoms with Crippen LogP contribution in [0.1, 0.15) is 12.8 Å². The Morgan fingerprint density at radius 1 is 1.21 bits per heavy atom. The molecule has 2 aromatic rings. The maximum Gasteiger partial charge on any atom is 0.147 e. The third-order valence-electron chi connectivity index (χ3n) is 4.71. The van der Waals surface area contributed by atoms with Crippen LogP contribution >= 0.6 is 0 Å². The predicted octanol–water partition coefficient (Wildman–Crippen LogP) is 2.50. The molecule has 8 nitrogen and oxygen atoms in total. The second-order valence-electron chi connectivity index (χ2n) is 7.00. The number of nitrogens with zero attached hydrogens (tertiary/aromatic N) is 3. The van der Waals surface area contributed by atoms with Gasteiger partial charge in [0.1, 0.15) is 39.3 Å². The molecular weight excluding hydrogens is 380 g/mol. The first kappa shape index (κ1) is 20.2. The standard InChI is InChI=1S/C19H26N4O4S/c1-26-15-6-7-16(17(9-15)27-2)22-18-10-19(21-13-20-18)23-8-4-5-14(11-23)12-28(3,24)25/h6-7,9-10,13-14H,4-5,8,11-12H2,1-3H3,(H,20,21,22). The van der Waals surface area contributed by atoms with Crippen LogP contribution in [0.4, 0.5) is 17.3 Å². The Balaban J connectivity index is 1.75. The summed E-state index contributed by atoms with van der Waals surface area (Å²) in [4.78, 5) is 10.8. The Morgan fingerprint density at radius 3 is 2.75 bits per heavy atom. The molecule has 1 aromatic carbocycles.